The van der Waals surface area contributed by atoms with Crippen LogP contribution < -0.4 is 5.73 Å². The maximum atomic E-state index is 6.04. The molecule has 0 saturated carbocycles. The first-order chi connectivity index (χ1) is 7.24. The summed E-state index contributed by atoms with van der Waals surface area (Å²) in [6, 6.07) is 0.333. The topological polar surface area (TPSA) is 44.5 Å². The maximum absolute atomic E-state index is 6.04. The van der Waals surface area contributed by atoms with E-state index in [1.165, 1.54) is 6.42 Å². The van der Waals surface area contributed by atoms with Gasteiger partial charge in [-0.3, -0.25) is 0 Å². The Labute approximate surface area is 92.3 Å². The lowest BCUT2D eigenvalue weighted by Gasteiger charge is -2.45. The van der Waals surface area contributed by atoms with Crippen molar-refractivity contribution in [2.75, 3.05) is 13.2 Å². The van der Waals surface area contributed by atoms with Crippen molar-refractivity contribution in [1.29, 1.82) is 0 Å². The molecule has 2 rings (SSSR count). The van der Waals surface area contributed by atoms with Crippen molar-refractivity contribution in [2.24, 2.45) is 5.73 Å². The molecule has 2 fully saturated rings. The summed E-state index contributed by atoms with van der Waals surface area (Å²) in [4.78, 5) is 0. The highest BCUT2D eigenvalue weighted by Crippen LogP contribution is 2.37. The molecule has 3 heteroatoms. The van der Waals surface area contributed by atoms with Gasteiger partial charge in [0.1, 0.15) is 0 Å². The average Bonchev–Trinajstić information content (AvgIpc) is 2.17. The second kappa shape index (κ2) is 4.81. The summed E-state index contributed by atoms with van der Waals surface area (Å²) in [6.45, 7) is 3.88. The number of hydrogen-bond acceptors (Lipinski definition) is 3. The quantitative estimate of drug-likeness (QED) is 0.761. The highest BCUT2D eigenvalue weighted by Gasteiger charge is 2.40. The lowest BCUT2D eigenvalue weighted by molar-refractivity contribution is -0.161. The largest absolute Gasteiger partial charge is 0.378 e. The second-order valence-electron chi connectivity index (χ2n) is 5.02. The van der Waals surface area contributed by atoms with Crippen molar-refractivity contribution in [3.8, 4) is 0 Å². The predicted molar refractivity (Wildman–Crippen MR) is 59.8 cm³/mol. The van der Waals surface area contributed by atoms with Gasteiger partial charge in [-0.2, -0.15) is 0 Å². The van der Waals surface area contributed by atoms with Gasteiger partial charge in [0.2, 0.25) is 0 Å². The molecule has 1 spiro atoms. The van der Waals surface area contributed by atoms with Gasteiger partial charge < -0.3 is 15.2 Å². The Morgan fingerprint density at radius 3 is 2.93 bits per heavy atom. The second-order valence-corrected chi connectivity index (χ2v) is 5.02. The van der Waals surface area contributed by atoms with E-state index < -0.39 is 0 Å². The van der Waals surface area contributed by atoms with Crippen molar-refractivity contribution >= 4 is 0 Å². The minimum atomic E-state index is 0.0513. The van der Waals surface area contributed by atoms with Crippen LogP contribution in [0.3, 0.4) is 0 Å². The van der Waals surface area contributed by atoms with Crippen molar-refractivity contribution in [1.82, 2.24) is 0 Å². The van der Waals surface area contributed by atoms with Crippen LogP contribution in [0.1, 0.15) is 45.4 Å². The summed E-state index contributed by atoms with van der Waals surface area (Å²) in [5.41, 5.74) is 6.09. The average molecular weight is 213 g/mol. The van der Waals surface area contributed by atoms with Crippen LogP contribution in [0.2, 0.25) is 0 Å². The molecule has 0 aromatic rings. The number of rotatable bonds is 2. The van der Waals surface area contributed by atoms with Crippen LogP contribution in [0.4, 0.5) is 0 Å². The molecule has 2 aliphatic heterocycles. The fraction of sp³-hybridized carbons (Fsp3) is 1.00. The lowest BCUT2D eigenvalue weighted by Crippen LogP contribution is -2.50. The molecule has 2 aliphatic rings. The Bertz CT molecular complexity index is 204. The van der Waals surface area contributed by atoms with E-state index in [9.17, 15) is 0 Å². The normalized spacial score (nSPS) is 42.0. The van der Waals surface area contributed by atoms with Crippen LogP contribution in [0, 0.1) is 0 Å². The van der Waals surface area contributed by atoms with Gasteiger partial charge in [0.15, 0.2) is 0 Å². The van der Waals surface area contributed by atoms with Gasteiger partial charge in [0.25, 0.3) is 0 Å². The van der Waals surface area contributed by atoms with E-state index in [4.69, 9.17) is 15.2 Å². The highest BCUT2D eigenvalue weighted by molar-refractivity contribution is 4.93. The molecule has 0 bridgehead atoms. The SMILES string of the molecule is CCCC1CC2(CCO1)CC(N)CCO2. The van der Waals surface area contributed by atoms with E-state index in [-0.39, 0.29) is 5.60 Å². The third-order valence-corrected chi connectivity index (χ3v) is 3.65. The molecule has 3 nitrogen and oxygen atoms in total. The minimum absolute atomic E-state index is 0.0513. The molecule has 0 aliphatic carbocycles. The van der Waals surface area contributed by atoms with E-state index in [2.05, 4.69) is 6.92 Å². The van der Waals surface area contributed by atoms with Crippen molar-refractivity contribution in [3.63, 3.8) is 0 Å². The molecule has 0 aromatic heterocycles. The van der Waals surface area contributed by atoms with Gasteiger partial charge >= 0.3 is 0 Å². The molecule has 2 saturated heterocycles. The van der Waals surface area contributed by atoms with Gasteiger partial charge in [-0.05, 0) is 25.7 Å². The number of ether oxygens (including phenoxy) is 2. The van der Waals surface area contributed by atoms with E-state index in [0.717, 1.165) is 45.3 Å². The molecule has 2 N–H and O–H groups in total. The Kier molecular flexibility index (Phi) is 3.65. The molecule has 88 valence electrons. The molecule has 15 heavy (non-hydrogen) atoms. The van der Waals surface area contributed by atoms with Gasteiger partial charge in [-0.1, -0.05) is 13.3 Å². The third kappa shape index (κ3) is 2.71. The summed E-state index contributed by atoms with van der Waals surface area (Å²) in [5.74, 6) is 0. The monoisotopic (exact) mass is 213 g/mol. The lowest BCUT2D eigenvalue weighted by atomic mass is 9.81. The third-order valence-electron chi connectivity index (χ3n) is 3.65. The van der Waals surface area contributed by atoms with Crippen LogP contribution in [-0.4, -0.2) is 31.0 Å². The molecule has 2 heterocycles. The van der Waals surface area contributed by atoms with Crippen molar-refractivity contribution in [2.45, 2.75) is 63.2 Å². The van der Waals surface area contributed by atoms with E-state index >= 15 is 0 Å². The molecule has 0 aromatic carbocycles. The first kappa shape index (κ1) is 11.4. The summed E-state index contributed by atoms with van der Waals surface area (Å²) in [7, 11) is 0. The van der Waals surface area contributed by atoms with E-state index in [0.29, 0.717) is 12.1 Å². The Morgan fingerprint density at radius 1 is 1.33 bits per heavy atom. The zero-order chi connectivity index (χ0) is 10.7. The molecule has 0 radical (unpaired) electrons. The number of nitrogens with two attached hydrogens (primary N) is 1. The van der Waals surface area contributed by atoms with E-state index in [1.54, 1.807) is 0 Å². The zero-order valence-corrected chi connectivity index (χ0v) is 9.71. The smallest absolute Gasteiger partial charge is 0.0743 e. The Balaban J connectivity index is 1.94. The van der Waals surface area contributed by atoms with Crippen LogP contribution in [0.25, 0.3) is 0 Å². The van der Waals surface area contributed by atoms with Gasteiger partial charge in [0.05, 0.1) is 11.7 Å². The Hall–Kier alpha value is -0.120. The van der Waals surface area contributed by atoms with Crippen LogP contribution in [0.5, 0.6) is 0 Å². The summed E-state index contributed by atoms with van der Waals surface area (Å²) < 4.78 is 11.8. The van der Waals surface area contributed by atoms with E-state index in [1.807, 2.05) is 0 Å². The van der Waals surface area contributed by atoms with Crippen LogP contribution in [0.15, 0.2) is 0 Å². The molecular formula is C12H23NO2. The van der Waals surface area contributed by atoms with Gasteiger partial charge in [-0.15, -0.1) is 0 Å². The molecule has 3 unspecified atom stereocenters. The Morgan fingerprint density at radius 2 is 2.20 bits per heavy atom. The van der Waals surface area contributed by atoms with Gasteiger partial charge in [-0.25, -0.2) is 0 Å². The standard InChI is InChI=1S/C12H23NO2/c1-2-3-11-9-12(5-7-14-11)8-10(13)4-6-15-12/h10-11H,2-9,13H2,1H3. The molecule has 0 amide bonds. The maximum Gasteiger partial charge on any atom is 0.0743 e. The molecule has 3 atom stereocenters. The first-order valence-electron chi connectivity index (χ1n) is 6.25. The summed E-state index contributed by atoms with van der Waals surface area (Å²) in [5, 5.41) is 0. The van der Waals surface area contributed by atoms with Gasteiger partial charge in [0, 0.05) is 25.7 Å². The highest BCUT2D eigenvalue weighted by atomic mass is 16.5. The van der Waals surface area contributed by atoms with Crippen molar-refractivity contribution < 1.29 is 9.47 Å². The summed E-state index contributed by atoms with van der Waals surface area (Å²) >= 11 is 0. The fourth-order valence-electron chi connectivity index (χ4n) is 2.88. The van der Waals surface area contributed by atoms with Crippen molar-refractivity contribution in [3.05, 3.63) is 0 Å². The fourth-order valence-corrected chi connectivity index (χ4v) is 2.88. The minimum Gasteiger partial charge on any atom is -0.378 e. The zero-order valence-electron chi connectivity index (χ0n) is 9.71. The van der Waals surface area contributed by atoms with Crippen LogP contribution in [-0.2, 0) is 9.47 Å². The van der Waals surface area contributed by atoms with Crippen LogP contribution >= 0.6 is 0 Å². The summed E-state index contributed by atoms with van der Waals surface area (Å²) in [6.07, 6.45) is 6.86. The number of hydrogen-bond donors (Lipinski definition) is 1. The first-order valence-corrected chi connectivity index (χ1v) is 6.25. The predicted octanol–water partition coefficient (Wildman–Crippen LogP) is 1.84. The molecular weight excluding hydrogens is 190 g/mol.